The van der Waals surface area contributed by atoms with Crippen LogP contribution in [0, 0.1) is 0 Å². The molecule has 0 aliphatic rings. The van der Waals surface area contributed by atoms with Gasteiger partial charge in [0.15, 0.2) is 0 Å². The van der Waals surface area contributed by atoms with Crippen molar-refractivity contribution in [3.63, 3.8) is 0 Å². The van der Waals surface area contributed by atoms with Crippen LogP contribution in [0.2, 0.25) is 5.02 Å². The maximum absolute atomic E-state index is 6.13. The van der Waals surface area contributed by atoms with E-state index in [1.165, 1.54) is 0 Å². The maximum Gasteiger partial charge on any atom is 0.120 e. The Labute approximate surface area is 102 Å². The zero-order chi connectivity index (χ0) is 12.1. The molecule has 1 aromatic carbocycles. The molecule has 16 heavy (non-hydrogen) atoms. The normalized spacial score (nSPS) is 12.9. The third kappa shape index (κ3) is 3.67. The summed E-state index contributed by atoms with van der Waals surface area (Å²) in [5, 5.41) is 3.94. The highest BCUT2D eigenvalue weighted by Crippen LogP contribution is 2.25. The molecular weight excluding hydrogens is 224 g/mol. The van der Waals surface area contributed by atoms with Gasteiger partial charge in [-0.25, -0.2) is 0 Å². The molecule has 4 heteroatoms. The van der Waals surface area contributed by atoms with Gasteiger partial charge in [-0.15, -0.1) is 0 Å². The van der Waals surface area contributed by atoms with Gasteiger partial charge in [0, 0.05) is 23.7 Å². The minimum atomic E-state index is -0.0965. The Kier molecular flexibility index (Phi) is 5.06. The predicted octanol–water partition coefficient (Wildman–Crippen LogP) is 2.35. The zero-order valence-electron chi connectivity index (χ0n) is 9.96. The number of nitrogens with one attached hydrogen (secondary N) is 1. The molecule has 0 saturated heterocycles. The zero-order valence-corrected chi connectivity index (χ0v) is 10.7. The highest BCUT2D eigenvalue weighted by molar-refractivity contribution is 6.31. The van der Waals surface area contributed by atoms with E-state index < -0.39 is 0 Å². The first-order valence-corrected chi connectivity index (χ1v) is 5.74. The number of benzene rings is 1. The molecule has 0 aliphatic carbocycles. The molecule has 0 aromatic heterocycles. The Morgan fingerprint density at radius 1 is 1.44 bits per heavy atom. The van der Waals surface area contributed by atoms with E-state index in [0.29, 0.717) is 17.6 Å². The van der Waals surface area contributed by atoms with E-state index in [1.807, 2.05) is 12.1 Å². The van der Waals surface area contributed by atoms with Gasteiger partial charge in [-0.3, -0.25) is 0 Å². The first kappa shape index (κ1) is 13.3. The molecule has 3 N–H and O–H groups in total. The molecule has 1 atom stereocenters. The van der Waals surface area contributed by atoms with Gasteiger partial charge in [-0.05, 0) is 17.7 Å². The van der Waals surface area contributed by atoms with Gasteiger partial charge >= 0.3 is 0 Å². The Hall–Kier alpha value is -0.770. The molecule has 0 bridgehead atoms. The van der Waals surface area contributed by atoms with Crippen molar-refractivity contribution in [1.82, 2.24) is 5.32 Å². The quantitative estimate of drug-likeness (QED) is 0.833. The van der Waals surface area contributed by atoms with Crippen LogP contribution in [0.15, 0.2) is 18.2 Å². The summed E-state index contributed by atoms with van der Waals surface area (Å²) in [6.45, 7) is 4.88. The van der Waals surface area contributed by atoms with Gasteiger partial charge in [0.25, 0.3) is 0 Å². The number of nitrogens with two attached hydrogens (primary N) is 1. The van der Waals surface area contributed by atoms with Crippen LogP contribution in [0.1, 0.15) is 25.5 Å². The monoisotopic (exact) mass is 242 g/mol. The van der Waals surface area contributed by atoms with Crippen LogP contribution in [0.5, 0.6) is 5.75 Å². The molecule has 0 fully saturated rings. The van der Waals surface area contributed by atoms with Crippen molar-refractivity contribution in [1.29, 1.82) is 0 Å². The second-order valence-electron chi connectivity index (χ2n) is 4.06. The second-order valence-corrected chi connectivity index (χ2v) is 4.46. The number of halogens is 1. The average molecular weight is 243 g/mol. The number of hydrogen-bond donors (Lipinski definition) is 2. The van der Waals surface area contributed by atoms with Crippen molar-refractivity contribution < 1.29 is 4.74 Å². The summed E-state index contributed by atoms with van der Waals surface area (Å²) < 4.78 is 5.09. The summed E-state index contributed by atoms with van der Waals surface area (Å²) in [6.07, 6.45) is 0. The third-order valence-electron chi connectivity index (χ3n) is 2.35. The highest BCUT2D eigenvalue weighted by Gasteiger charge is 2.11. The topological polar surface area (TPSA) is 47.3 Å². The van der Waals surface area contributed by atoms with Crippen LogP contribution in [-0.2, 0) is 0 Å². The lowest BCUT2D eigenvalue weighted by molar-refractivity contribution is 0.414. The minimum absolute atomic E-state index is 0.0965. The van der Waals surface area contributed by atoms with Gasteiger partial charge < -0.3 is 15.8 Å². The highest BCUT2D eigenvalue weighted by atomic mass is 35.5. The molecule has 1 rings (SSSR count). The van der Waals surface area contributed by atoms with Crippen molar-refractivity contribution in [3.05, 3.63) is 28.8 Å². The van der Waals surface area contributed by atoms with Crippen LogP contribution in [-0.4, -0.2) is 19.7 Å². The predicted molar refractivity (Wildman–Crippen MR) is 68.1 cm³/mol. The lowest BCUT2D eigenvalue weighted by Gasteiger charge is -2.17. The fraction of sp³-hybridized carbons (Fsp3) is 0.500. The smallest absolute Gasteiger partial charge is 0.120 e. The van der Waals surface area contributed by atoms with Gasteiger partial charge in [-0.1, -0.05) is 31.5 Å². The molecule has 0 radical (unpaired) electrons. The van der Waals surface area contributed by atoms with Crippen LogP contribution in [0.3, 0.4) is 0 Å². The van der Waals surface area contributed by atoms with Gasteiger partial charge in [-0.2, -0.15) is 0 Å². The summed E-state index contributed by atoms with van der Waals surface area (Å²) in [6, 6.07) is 5.89. The maximum atomic E-state index is 6.13. The molecule has 90 valence electrons. The molecule has 0 heterocycles. The van der Waals surface area contributed by atoms with Crippen LogP contribution in [0.4, 0.5) is 0 Å². The van der Waals surface area contributed by atoms with Crippen LogP contribution in [0.25, 0.3) is 0 Å². The average Bonchev–Trinajstić information content (AvgIpc) is 2.25. The van der Waals surface area contributed by atoms with Crippen molar-refractivity contribution in [2.75, 3.05) is 13.7 Å². The number of hydrogen-bond acceptors (Lipinski definition) is 3. The van der Waals surface area contributed by atoms with Crippen molar-refractivity contribution >= 4 is 11.6 Å². The lowest BCUT2D eigenvalue weighted by atomic mass is 10.1. The third-order valence-corrected chi connectivity index (χ3v) is 2.68. The van der Waals surface area contributed by atoms with E-state index in [4.69, 9.17) is 22.1 Å². The fourth-order valence-electron chi connectivity index (χ4n) is 1.41. The van der Waals surface area contributed by atoms with Crippen molar-refractivity contribution in [2.45, 2.75) is 25.9 Å². The van der Waals surface area contributed by atoms with Crippen molar-refractivity contribution in [3.8, 4) is 5.75 Å². The van der Waals surface area contributed by atoms with Crippen molar-refractivity contribution in [2.24, 2.45) is 5.73 Å². The lowest BCUT2D eigenvalue weighted by Crippen LogP contribution is -2.31. The Morgan fingerprint density at radius 3 is 2.62 bits per heavy atom. The van der Waals surface area contributed by atoms with Crippen LogP contribution >= 0.6 is 11.6 Å². The van der Waals surface area contributed by atoms with Gasteiger partial charge in [0.1, 0.15) is 5.75 Å². The van der Waals surface area contributed by atoms with Gasteiger partial charge in [0.05, 0.1) is 7.11 Å². The van der Waals surface area contributed by atoms with E-state index in [9.17, 15) is 0 Å². The summed E-state index contributed by atoms with van der Waals surface area (Å²) in [5.41, 5.74) is 6.99. The molecule has 0 amide bonds. The standard InChI is InChI=1S/C12H19ClN2O/c1-8(2)15-7-12(14)10-5-4-9(16-3)6-11(10)13/h4-6,8,12,15H,7,14H2,1-3H3. The summed E-state index contributed by atoms with van der Waals surface area (Å²) in [5.74, 6) is 0.748. The largest absolute Gasteiger partial charge is 0.497 e. The molecule has 0 spiro atoms. The first-order chi connectivity index (χ1) is 7.54. The summed E-state index contributed by atoms with van der Waals surface area (Å²) >= 11 is 6.13. The fourth-order valence-corrected chi connectivity index (χ4v) is 1.72. The molecule has 1 unspecified atom stereocenters. The van der Waals surface area contributed by atoms with E-state index in [1.54, 1.807) is 13.2 Å². The summed E-state index contributed by atoms with van der Waals surface area (Å²) in [7, 11) is 1.62. The Balaban J connectivity index is 2.71. The number of ether oxygens (including phenoxy) is 1. The molecular formula is C12H19ClN2O. The van der Waals surface area contributed by atoms with E-state index in [0.717, 1.165) is 11.3 Å². The summed E-state index contributed by atoms with van der Waals surface area (Å²) in [4.78, 5) is 0. The Morgan fingerprint density at radius 2 is 2.12 bits per heavy atom. The minimum Gasteiger partial charge on any atom is -0.497 e. The first-order valence-electron chi connectivity index (χ1n) is 5.37. The molecule has 3 nitrogen and oxygen atoms in total. The Bertz CT molecular complexity index is 342. The second kappa shape index (κ2) is 6.09. The molecule has 1 aromatic rings. The van der Waals surface area contributed by atoms with E-state index in [2.05, 4.69) is 19.2 Å². The molecule has 0 aliphatic heterocycles. The number of rotatable bonds is 5. The van der Waals surface area contributed by atoms with E-state index in [-0.39, 0.29) is 6.04 Å². The molecule has 0 saturated carbocycles. The SMILES string of the molecule is COc1ccc(C(N)CNC(C)C)c(Cl)c1. The van der Waals surface area contributed by atoms with E-state index >= 15 is 0 Å². The van der Waals surface area contributed by atoms with Crippen LogP contribution < -0.4 is 15.8 Å². The van der Waals surface area contributed by atoms with Gasteiger partial charge in [0.2, 0.25) is 0 Å². The number of methoxy groups -OCH3 is 1.